The summed E-state index contributed by atoms with van der Waals surface area (Å²) in [5.41, 5.74) is 2.93. The minimum Gasteiger partial charge on any atom is -0.427 e. The minimum atomic E-state index is -0.325. The number of hydrazone groups is 1. The summed E-state index contributed by atoms with van der Waals surface area (Å²) in [6, 6.07) is 17.2. The predicted molar refractivity (Wildman–Crippen MR) is 84.8 cm³/mol. The van der Waals surface area contributed by atoms with Crippen molar-refractivity contribution in [3.63, 3.8) is 0 Å². The molecule has 0 aliphatic rings. The molecule has 0 aliphatic carbocycles. The molecule has 2 aromatic carbocycles. The second-order valence-electron chi connectivity index (χ2n) is 4.66. The van der Waals surface area contributed by atoms with Crippen molar-refractivity contribution in [2.75, 3.05) is 12.1 Å². The Morgan fingerprint density at radius 2 is 1.62 bits per heavy atom. The predicted octanol–water partition coefficient (Wildman–Crippen LogP) is 3.47. The zero-order chi connectivity index (χ0) is 15.2. The Hall–Kier alpha value is -2.62. The molecule has 0 aromatic heterocycles. The molecule has 0 fully saturated rings. The van der Waals surface area contributed by atoms with Gasteiger partial charge < -0.3 is 4.74 Å². The fourth-order valence-corrected chi connectivity index (χ4v) is 1.92. The Labute approximate surface area is 124 Å². The molecule has 0 heterocycles. The van der Waals surface area contributed by atoms with Crippen molar-refractivity contribution in [2.45, 2.75) is 13.8 Å². The van der Waals surface area contributed by atoms with E-state index >= 15 is 0 Å². The smallest absolute Gasteiger partial charge is 0.308 e. The first-order valence-corrected chi connectivity index (χ1v) is 6.69. The summed E-state index contributed by atoms with van der Waals surface area (Å²) >= 11 is 0. The van der Waals surface area contributed by atoms with Crippen LogP contribution in [-0.2, 0) is 4.79 Å². The Bertz CT molecular complexity index is 634. The van der Waals surface area contributed by atoms with E-state index in [1.54, 1.807) is 17.1 Å². The Balaban J connectivity index is 2.13. The summed E-state index contributed by atoms with van der Waals surface area (Å²) in [5, 5.41) is 6.34. The van der Waals surface area contributed by atoms with Crippen LogP contribution in [0.25, 0.3) is 0 Å². The number of carbonyl (C=O) groups excluding carboxylic acids is 1. The molecule has 4 nitrogen and oxygen atoms in total. The number of rotatable bonds is 4. The van der Waals surface area contributed by atoms with Crippen molar-refractivity contribution < 1.29 is 9.53 Å². The molecule has 0 amide bonds. The van der Waals surface area contributed by atoms with Crippen molar-refractivity contribution in [1.82, 2.24) is 0 Å². The Morgan fingerprint density at radius 3 is 2.19 bits per heavy atom. The van der Waals surface area contributed by atoms with Crippen molar-refractivity contribution in [3.05, 3.63) is 60.2 Å². The molecule has 0 spiro atoms. The number of ether oxygens (including phenoxy) is 1. The molecule has 2 rings (SSSR count). The number of benzene rings is 2. The Kier molecular flexibility index (Phi) is 4.72. The highest BCUT2D eigenvalue weighted by atomic mass is 16.5. The van der Waals surface area contributed by atoms with Gasteiger partial charge in [0.1, 0.15) is 5.75 Å². The number of nitrogens with zero attached hydrogens (tertiary/aromatic N) is 2. The molecule has 0 atom stereocenters. The molecule has 0 radical (unpaired) electrons. The number of hydrogen-bond acceptors (Lipinski definition) is 4. The molecule has 4 heteroatoms. The number of anilines is 1. The highest BCUT2D eigenvalue weighted by molar-refractivity contribution is 5.99. The third kappa shape index (κ3) is 4.18. The first-order chi connectivity index (χ1) is 10.1. The number of carbonyl (C=O) groups is 1. The molecule has 108 valence electrons. The van der Waals surface area contributed by atoms with Gasteiger partial charge in [-0.1, -0.05) is 30.3 Å². The lowest BCUT2D eigenvalue weighted by Crippen LogP contribution is -2.12. The van der Waals surface area contributed by atoms with Crippen LogP contribution in [0.15, 0.2) is 59.7 Å². The van der Waals surface area contributed by atoms with Gasteiger partial charge in [-0.25, -0.2) is 0 Å². The van der Waals surface area contributed by atoms with E-state index in [-0.39, 0.29) is 5.97 Å². The van der Waals surface area contributed by atoms with E-state index in [0.29, 0.717) is 5.75 Å². The van der Waals surface area contributed by atoms with Gasteiger partial charge in [0.25, 0.3) is 0 Å². The fourth-order valence-electron chi connectivity index (χ4n) is 1.92. The molecule has 0 N–H and O–H groups in total. The van der Waals surface area contributed by atoms with E-state index in [0.717, 1.165) is 17.0 Å². The summed E-state index contributed by atoms with van der Waals surface area (Å²) < 4.78 is 5.01. The van der Waals surface area contributed by atoms with E-state index in [9.17, 15) is 4.79 Å². The van der Waals surface area contributed by atoms with Gasteiger partial charge in [0.15, 0.2) is 0 Å². The normalized spacial score (nSPS) is 11.1. The van der Waals surface area contributed by atoms with E-state index in [2.05, 4.69) is 5.10 Å². The minimum absolute atomic E-state index is 0.325. The summed E-state index contributed by atoms with van der Waals surface area (Å²) in [4.78, 5) is 10.9. The molecular formula is C17H18N2O2. The van der Waals surface area contributed by atoms with Crippen LogP contribution < -0.4 is 9.75 Å². The van der Waals surface area contributed by atoms with Crippen molar-refractivity contribution in [2.24, 2.45) is 5.10 Å². The first-order valence-electron chi connectivity index (χ1n) is 6.69. The monoisotopic (exact) mass is 282 g/mol. The molecular weight excluding hydrogens is 264 g/mol. The average molecular weight is 282 g/mol. The highest BCUT2D eigenvalue weighted by Gasteiger charge is 2.03. The van der Waals surface area contributed by atoms with Gasteiger partial charge in [-0.15, -0.1) is 0 Å². The van der Waals surface area contributed by atoms with Gasteiger partial charge in [0.2, 0.25) is 0 Å². The number of hydrogen-bond donors (Lipinski definition) is 0. The SMILES string of the molecule is CC(=O)Oc1ccc(N(C)N=C(C)c2ccccc2)cc1. The molecule has 21 heavy (non-hydrogen) atoms. The lowest BCUT2D eigenvalue weighted by Gasteiger charge is -2.15. The number of esters is 1. The zero-order valence-corrected chi connectivity index (χ0v) is 12.4. The third-order valence-corrected chi connectivity index (χ3v) is 2.96. The van der Waals surface area contributed by atoms with Gasteiger partial charge in [0.05, 0.1) is 11.4 Å². The van der Waals surface area contributed by atoms with Crippen molar-refractivity contribution in [1.29, 1.82) is 0 Å². The summed E-state index contributed by atoms with van der Waals surface area (Å²) in [6.45, 7) is 3.35. The van der Waals surface area contributed by atoms with Crippen molar-refractivity contribution in [3.8, 4) is 5.75 Å². The average Bonchev–Trinajstić information content (AvgIpc) is 2.48. The lowest BCUT2D eigenvalue weighted by molar-refractivity contribution is -0.131. The first kappa shape index (κ1) is 14.8. The summed E-state index contributed by atoms with van der Waals surface area (Å²) in [6.07, 6.45) is 0. The van der Waals surface area contributed by atoms with Crippen LogP contribution in [0.2, 0.25) is 0 Å². The maximum atomic E-state index is 10.9. The quantitative estimate of drug-likeness (QED) is 0.373. The zero-order valence-electron chi connectivity index (χ0n) is 12.4. The van der Waals surface area contributed by atoms with Crippen LogP contribution in [0.1, 0.15) is 19.4 Å². The van der Waals surface area contributed by atoms with Crippen LogP contribution in [0.4, 0.5) is 5.69 Å². The highest BCUT2D eigenvalue weighted by Crippen LogP contribution is 2.19. The lowest BCUT2D eigenvalue weighted by atomic mass is 10.1. The van der Waals surface area contributed by atoms with Crippen LogP contribution in [0.3, 0.4) is 0 Å². The van der Waals surface area contributed by atoms with E-state index < -0.39 is 0 Å². The molecule has 0 aliphatic heterocycles. The van der Waals surface area contributed by atoms with Crippen LogP contribution >= 0.6 is 0 Å². The molecule has 2 aromatic rings. The largest absolute Gasteiger partial charge is 0.427 e. The second-order valence-corrected chi connectivity index (χ2v) is 4.66. The Morgan fingerprint density at radius 1 is 1.00 bits per heavy atom. The van der Waals surface area contributed by atoms with Crippen LogP contribution in [-0.4, -0.2) is 18.7 Å². The van der Waals surface area contributed by atoms with Crippen LogP contribution in [0, 0.1) is 0 Å². The van der Waals surface area contributed by atoms with Gasteiger partial charge in [-0.3, -0.25) is 9.80 Å². The standard InChI is InChI=1S/C17H18N2O2/c1-13(15-7-5-4-6-8-15)18-19(3)16-9-11-17(12-10-16)21-14(2)20/h4-12H,1-3H3. The van der Waals surface area contributed by atoms with Crippen molar-refractivity contribution >= 4 is 17.4 Å². The van der Waals surface area contributed by atoms with Gasteiger partial charge in [0, 0.05) is 14.0 Å². The summed E-state index contributed by atoms with van der Waals surface area (Å²) in [7, 11) is 1.88. The summed E-state index contributed by atoms with van der Waals surface area (Å²) in [5.74, 6) is 0.206. The van der Waals surface area contributed by atoms with E-state index in [4.69, 9.17) is 4.74 Å². The maximum Gasteiger partial charge on any atom is 0.308 e. The molecule has 0 saturated heterocycles. The molecule has 0 saturated carbocycles. The maximum absolute atomic E-state index is 10.9. The van der Waals surface area contributed by atoms with E-state index in [1.807, 2.05) is 56.4 Å². The van der Waals surface area contributed by atoms with Gasteiger partial charge >= 0.3 is 5.97 Å². The van der Waals surface area contributed by atoms with Gasteiger partial charge in [-0.05, 0) is 36.8 Å². The van der Waals surface area contributed by atoms with Gasteiger partial charge in [-0.2, -0.15) is 5.10 Å². The second kappa shape index (κ2) is 6.70. The molecule has 0 bridgehead atoms. The van der Waals surface area contributed by atoms with E-state index in [1.165, 1.54) is 6.92 Å². The van der Waals surface area contributed by atoms with Crippen LogP contribution in [0.5, 0.6) is 5.75 Å². The fraction of sp³-hybridized carbons (Fsp3) is 0.176. The molecule has 0 unspecified atom stereocenters. The topological polar surface area (TPSA) is 41.9 Å². The third-order valence-electron chi connectivity index (χ3n) is 2.96.